The van der Waals surface area contributed by atoms with E-state index in [1.54, 1.807) is 105 Å². The second-order valence-corrected chi connectivity index (χ2v) is 10.9. The molecular weight excluding hydrogens is 564 g/mol. The molecule has 4 aromatic carbocycles. The van der Waals surface area contributed by atoms with Gasteiger partial charge in [-0.2, -0.15) is 4.79 Å². The number of aromatic hydroxyl groups is 2. The number of carbonyl (C=O) groups is 1. The number of aromatic nitrogens is 1. The van der Waals surface area contributed by atoms with Crippen LogP contribution in [0.1, 0.15) is 11.1 Å². The van der Waals surface area contributed by atoms with E-state index >= 15 is 0 Å². The van der Waals surface area contributed by atoms with Crippen LogP contribution in [-0.4, -0.2) is 31.9 Å². The Hall–Kier alpha value is -4.67. The van der Waals surface area contributed by atoms with Gasteiger partial charge in [0.05, 0.1) is 19.3 Å². The molecule has 0 bridgehead atoms. The van der Waals surface area contributed by atoms with E-state index < -0.39 is 16.6 Å². The zero-order valence-electron chi connectivity index (χ0n) is 22.1. The largest absolute Gasteiger partial charge is 0.543 e. The van der Waals surface area contributed by atoms with Crippen LogP contribution in [0.2, 0.25) is 5.02 Å². The molecule has 9 nitrogen and oxygen atoms in total. The fraction of sp³-hybridized carbons (Fsp3) is 0.100. The monoisotopic (exact) mass is 588 g/mol. The molecule has 0 atom stereocenters. The van der Waals surface area contributed by atoms with Crippen LogP contribution in [0.3, 0.4) is 0 Å². The van der Waals surface area contributed by atoms with Crippen LogP contribution >= 0.6 is 11.6 Å². The highest BCUT2D eigenvalue weighted by atomic mass is 35.5. The Labute approximate surface area is 242 Å². The molecule has 2 N–H and O–H groups in total. The van der Waals surface area contributed by atoms with Crippen LogP contribution in [0.25, 0.3) is 16.5 Å². The Morgan fingerprint density at radius 3 is 2.34 bits per heavy atom. The minimum atomic E-state index is -1.83. The topological polar surface area (TPSA) is 116 Å². The van der Waals surface area contributed by atoms with Crippen molar-refractivity contribution in [2.24, 2.45) is 10.2 Å². The molecule has 208 valence electrons. The van der Waals surface area contributed by atoms with Gasteiger partial charge in [-0.05, 0) is 71.7 Å². The van der Waals surface area contributed by atoms with Gasteiger partial charge in [0.1, 0.15) is 16.6 Å². The standard InChI is InChI=1S/C30H25ClN4O5S/c1-19-16-22(11-15-27(19)35-28(36)25-14-10-21(31)17-26(25)29(35)37)32-33-30(38)34(41(39)24-6-4-3-5-7-24)18-20-8-12-23(40-2)13-9-20/h3-17,36-37H,18H2,1-2H3. The van der Waals surface area contributed by atoms with Crippen molar-refractivity contribution in [3.63, 3.8) is 0 Å². The lowest BCUT2D eigenvalue weighted by atomic mass is 10.2. The molecule has 1 aromatic heterocycles. The molecule has 0 unspecified atom stereocenters. The number of ether oxygens (including phenoxy) is 1. The van der Waals surface area contributed by atoms with Crippen LogP contribution in [0, 0.1) is 6.92 Å². The number of hydrogen-bond acceptors (Lipinski definition) is 7. The van der Waals surface area contributed by atoms with Gasteiger partial charge in [0.25, 0.3) is 0 Å². The maximum atomic E-state index is 13.4. The number of urea groups is 1. The third kappa shape index (κ3) is 5.79. The average molecular weight is 589 g/mol. The summed E-state index contributed by atoms with van der Waals surface area (Å²) in [6.45, 7) is 1.80. The molecule has 0 saturated heterocycles. The molecule has 0 saturated carbocycles. The molecule has 0 aliphatic heterocycles. The maximum Gasteiger partial charge on any atom is 0.543 e. The minimum Gasteiger partial charge on any atom is -0.497 e. The second kappa shape index (κ2) is 11.8. The predicted octanol–water partition coefficient (Wildman–Crippen LogP) is 7.64. The first-order valence-electron chi connectivity index (χ1n) is 12.4. The maximum absolute atomic E-state index is 13.4. The molecule has 0 radical (unpaired) electrons. The fourth-order valence-corrected chi connectivity index (χ4v) is 5.59. The first-order chi connectivity index (χ1) is 19.8. The first kappa shape index (κ1) is 27.9. The van der Waals surface area contributed by atoms with Gasteiger partial charge in [0, 0.05) is 15.8 Å². The van der Waals surface area contributed by atoms with Gasteiger partial charge in [0.15, 0.2) is 0 Å². The normalized spacial score (nSPS) is 12.5. The Morgan fingerprint density at radius 1 is 0.951 bits per heavy atom. The summed E-state index contributed by atoms with van der Waals surface area (Å²) in [5, 5.41) is 30.8. The number of hydrogen-bond donors (Lipinski definition) is 2. The van der Waals surface area contributed by atoms with E-state index in [-0.39, 0.29) is 18.3 Å². The Morgan fingerprint density at radius 2 is 1.66 bits per heavy atom. The van der Waals surface area contributed by atoms with E-state index in [9.17, 15) is 19.2 Å². The Balaban J connectivity index is 1.46. The van der Waals surface area contributed by atoms with Crippen LogP contribution < -0.4 is 4.74 Å². The minimum absolute atomic E-state index is 0.0328. The van der Waals surface area contributed by atoms with Gasteiger partial charge >= 0.3 is 6.03 Å². The summed E-state index contributed by atoms with van der Waals surface area (Å²) in [5.41, 5.74) is 2.24. The highest BCUT2D eigenvalue weighted by Gasteiger charge is 2.20. The van der Waals surface area contributed by atoms with Gasteiger partial charge in [-0.15, -0.1) is 0 Å². The molecule has 41 heavy (non-hydrogen) atoms. The van der Waals surface area contributed by atoms with E-state index in [0.29, 0.717) is 43.4 Å². The molecular formula is C30H25ClN4O5S. The van der Waals surface area contributed by atoms with Crippen molar-refractivity contribution in [3.8, 4) is 23.2 Å². The van der Waals surface area contributed by atoms with Crippen LogP contribution in [-0.2, 0) is 21.3 Å². The van der Waals surface area contributed by atoms with Crippen LogP contribution in [0.5, 0.6) is 17.5 Å². The molecule has 5 aromatic rings. The molecule has 1 heterocycles. The molecule has 0 fully saturated rings. The van der Waals surface area contributed by atoms with E-state index in [0.717, 1.165) is 9.51 Å². The number of halogens is 1. The fourth-order valence-electron chi connectivity index (χ4n) is 4.33. The summed E-state index contributed by atoms with van der Waals surface area (Å²) < 4.78 is 21.0. The lowest BCUT2D eigenvalue weighted by molar-refractivity contribution is -0.417. The number of methoxy groups -OCH3 is 1. The highest BCUT2D eigenvalue weighted by Crippen LogP contribution is 2.41. The number of carbonyl (C=O) groups excluding carboxylic acids is 1. The van der Waals surface area contributed by atoms with Gasteiger partial charge in [-0.25, -0.2) is 0 Å². The number of azo groups is 1. The zero-order chi connectivity index (χ0) is 29.1. The smallest absolute Gasteiger partial charge is 0.497 e. The van der Waals surface area contributed by atoms with E-state index in [2.05, 4.69) is 10.2 Å². The van der Waals surface area contributed by atoms with E-state index in [1.807, 2.05) is 0 Å². The van der Waals surface area contributed by atoms with E-state index in [4.69, 9.17) is 16.3 Å². The van der Waals surface area contributed by atoms with Gasteiger partial charge < -0.3 is 19.2 Å². The lowest BCUT2D eigenvalue weighted by Crippen LogP contribution is -2.18. The summed E-state index contributed by atoms with van der Waals surface area (Å²) in [4.78, 5) is 13.7. The quantitative estimate of drug-likeness (QED) is 0.120. The Bertz CT molecular complexity index is 1880. The zero-order valence-corrected chi connectivity index (χ0v) is 23.6. The molecule has 2 amide bonds. The number of aryl methyl sites for hydroxylation is 1. The van der Waals surface area contributed by atoms with Gasteiger partial charge in [-0.1, -0.05) is 69.6 Å². The molecule has 0 spiro atoms. The lowest BCUT2D eigenvalue weighted by Gasteiger charge is -2.11. The summed E-state index contributed by atoms with van der Waals surface area (Å²) in [5.74, 6) is 0.359. The van der Waals surface area contributed by atoms with Crippen molar-refractivity contribution >= 4 is 44.7 Å². The van der Waals surface area contributed by atoms with Crippen molar-refractivity contribution in [2.75, 3.05) is 7.11 Å². The predicted molar refractivity (Wildman–Crippen MR) is 156 cm³/mol. The molecule has 5 rings (SSSR count). The SMILES string of the molecule is COc1ccc(C[N+](C(=O)N=Nc2ccc(-n3c(O)c4ccc(Cl)cc4c3O)c(C)c2)=[S-](=O)c2ccccc2)cc1. The van der Waals surface area contributed by atoms with Crippen molar-refractivity contribution < 1.29 is 27.9 Å². The van der Waals surface area contributed by atoms with Crippen LogP contribution in [0.15, 0.2) is 106 Å². The van der Waals surface area contributed by atoms with Crippen LogP contribution in [0.4, 0.5) is 10.5 Å². The van der Waals surface area contributed by atoms with Crippen molar-refractivity contribution in [1.82, 2.24) is 4.57 Å². The molecule has 0 aliphatic carbocycles. The second-order valence-electron chi connectivity index (χ2n) is 9.07. The van der Waals surface area contributed by atoms with Crippen molar-refractivity contribution in [2.45, 2.75) is 18.4 Å². The highest BCUT2D eigenvalue weighted by molar-refractivity contribution is 7.72. The molecule has 0 aliphatic rings. The van der Waals surface area contributed by atoms with Crippen molar-refractivity contribution in [1.29, 1.82) is 0 Å². The number of benzene rings is 4. The summed E-state index contributed by atoms with van der Waals surface area (Å²) in [7, 11) is -0.273. The van der Waals surface area contributed by atoms with E-state index in [1.165, 1.54) is 4.57 Å². The first-order valence-corrected chi connectivity index (χ1v) is 13.9. The third-order valence-electron chi connectivity index (χ3n) is 6.40. The van der Waals surface area contributed by atoms with Gasteiger partial charge in [0.2, 0.25) is 11.8 Å². The van der Waals surface area contributed by atoms with Crippen molar-refractivity contribution in [3.05, 3.63) is 107 Å². The van der Waals surface area contributed by atoms with Gasteiger partial charge in [-0.3, -0.25) is 8.51 Å². The third-order valence-corrected chi connectivity index (χ3v) is 8.00. The molecule has 11 heteroatoms. The summed E-state index contributed by atoms with van der Waals surface area (Å²) >= 11 is 6.06. The Kier molecular flexibility index (Phi) is 8.04. The number of amides is 2. The number of nitrogens with zero attached hydrogens (tertiary/aromatic N) is 4. The number of rotatable bonds is 6. The average Bonchev–Trinajstić information content (AvgIpc) is 3.23. The number of fused-ring (bicyclic) bond motifs is 1. The summed E-state index contributed by atoms with van der Waals surface area (Å²) in [6.07, 6.45) is 0. The summed E-state index contributed by atoms with van der Waals surface area (Å²) in [6, 6.07) is 24.7.